The molecule has 0 saturated heterocycles. The highest BCUT2D eigenvalue weighted by Crippen LogP contribution is 2.35. The van der Waals surface area contributed by atoms with E-state index in [2.05, 4.69) is 15.3 Å². The molecule has 0 radical (unpaired) electrons. The Labute approximate surface area is 161 Å². The second-order valence-corrected chi connectivity index (χ2v) is 6.47. The van der Waals surface area contributed by atoms with E-state index in [0.29, 0.717) is 27.5 Å². The molecule has 2 aromatic heterocycles. The topological polar surface area (TPSA) is 67.5 Å². The van der Waals surface area contributed by atoms with Gasteiger partial charge >= 0.3 is 6.18 Å². The van der Waals surface area contributed by atoms with E-state index in [1.165, 1.54) is 12.3 Å². The number of pyridine rings is 1. The number of aromatic nitrogens is 1. The first-order valence-corrected chi connectivity index (χ1v) is 8.47. The van der Waals surface area contributed by atoms with Crippen molar-refractivity contribution >= 4 is 34.7 Å². The van der Waals surface area contributed by atoms with Gasteiger partial charge in [-0.15, -0.1) is 0 Å². The zero-order valence-corrected chi connectivity index (χ0v) is 14.8. The average molecular weight is 406 g/mol. The summed E-state index contributed by atoms with van der Waals surface area (Å²) in [5, 5.41) is 3.03. The van der Waals surface area contributed by atoms with Crippen LogP contribution in [0.3, 0.4) is 0 Å². The molecule has 0 unspecified atom stereocenters. The van der Waals surface area contributed by atoms with Gasteiger partial charge in [-0.05, 0) is 36.4 Å². The summed E-state index contributed by atoms with van der Waals surface area (Å²) in [5.74, 6) is -0.0681. The normalized spacial score (nSPS) is 13.2. The van der Waals surface area contributed by atoms with Crippen LogP contribution in [0, 0.1) is 0 Å². The standard InChI is InChI=1S/C19H11ClF3N3O2/c20-14-4-3-12(25-18(27)16-2-1-5-28-16)8-13(14)15-7-10-6-11(19(21,22)23)9-24-17(10)26-15/h1-6,8-9H,7H2,(H,25,27). The second-order valence-electron chi connectivity index (χ2n) is 6.07. The van der Waals surface area contributed by atoms with Crippen molar-refractivity contribution < 1.29 is 22.4 Å². The van der Waals surface area contributed by atoms with E-state index in [-0.39, 0.29) is 18.0 Å². The van der Waals surface area contributed by atoms with Gasteiger partial charge in [-0.2, -0.15) is 13.2 Å². The Bertz CT molecular complexity index is 1090. The Balaban J connectivity index is 1.60. The Morgan fingerprint density at radius 3 is 2.75 bits per heavy atom. The van der Waals surface area contributed by atoms with Gasteiger partial charge in [0.05, 0.1) is 17.5 Å². The van der Waals surface area contributed by atoms with Crippen molar-refractivity contribution in [3.63, 3.8) is 0 Å². The van der Waals surface area contributed by atoms with Gasteiger partial charge < -0.3 is 9.73 Å². The fraction of sp³-hybridized carbons (Fsp3) is 0.105. The van der Waals surface area contributed by atoms with E-state index in [0.717, 1.165) is 12.3 Å². The van der Waals surface area contributed by atoms with Gasteiger partial charge in [-0.3, -0.25) is 4.79 Å². The zero-order valence-electron chi connectivity index (χ0n) is 14.0. The monoisotopic (exact) mass is 405 g/mol. The summed E-state index contributed by atoms with van der Waals surface area (Å²) in [6.45, 7) is 0. The first kappa shape index (κ1) is 18.2. The van der Waals surface area contributed by atoms with E-state index in [1.807, 2.05) is 0 Å². The lowest BCUT2D eigenvalue weighted by molar-refractivity contribution is -0.137. The summed E-state index contributed by atoms with van der Waals surface area (Å²) in [7, 11) is 0. The van der Waals surface area contributed by atoms with Gasteiger partial charge in [-0.25, -0.2) is 9.98 Å². The van der Waals surface area contributed by atoms with Gasteiger partial charge in [0.15, 0.2) is 11.6 Å². The summed E-state index contributed by atoms with van der Waals surface area (Å²) in [6, 6.07) is 8.94. The first-order valence-electron chi connectivity index (χ1n) is 8.10. The molecule has 9 heteroatoms. The van der Waals surface area contributed by atoms with Crippen LogP contribution in [0.2, 0.25) is 5.02 Å². The van der Waals surface area contributed by atoms with Crippen molar-refractivity contribution in [1.29, 1.82) is 0 Å². The molecular formula is C19H11ClF3N3O2. The highest BCUT2D eigenvalue weighted by Gasteiger charge is 2.32. The van der Waals surface area contributed by atoms with Crippen LogP contribution >= 0.6 is 11.6 Å². The fourth-order valence-corrected chi connectivity index (χ4v) is 3.04. The molecule has 142 valence electrons. The fourth-order valence-electron chi connectivity index (χ4n) is 2.82. The number of carbonyl (C=O) groups is 1. The molecule has 1 aliphatic heterocycles. The lowest BCUT2D eigenvalue weighted by atomic mass is 10.0. The van der Waals surface area contributed by atoms with Crippen LogP contribution < -0.4 is 5.32 Å². The lowest BCUT2D eigenvalue weighted by Gasteiger charge is -2.09. The zero-order chi connectivity index (χ0) is 19.9. The number of rotatable bonds is 3. The lowest BCUT2D eigenvalue weighted by Crippen LogP contribution is -2.12. The number of carbonyl (C=O) groups excluding carboxylic acids is 1. The van der Waals surface area contributed by atoms with Crippen LogP contribution in [0.25, 0.3) is 0 Å². The molecule has 0 fully saturated rings. The van der Waals surface area contributed by atoms with Crippen molar-refractivity contribution in [2.45, 2.75) is 12.6 Å². The van der Waals surface area contributed by atoms with Gasteiger partial charge in [0.2, 0.25) is 0 Å². The van der Waals surface area contributed by atoms with Gasteiger partial charge in [0.1, 0.15) is 0 Å². The molecule has 4 rings (SSSR count). The maximum atomic E-state index is 12.9. The van der Waals surface area contributed by atoms with Crippen molar-refractivity contribution in [3.8, 4) is 0 Å². The third-order valence-corrected chi connectivity index (χ3v) is 4.48. The summed E-state index contributed by atoms with van der Waals surface area (Å²) in [6.07, 6.45) is -2.18. The van der Waals surface area contributed by atoms with Crippen LogP contribution in [-0.2, 0) is 12.6 Å². The predicted octanol–water partition coefficient (Wildman–Crippen LogP) is 5.28. The maximum Gasteiger partial charge on any atom is 0.417 e. The minimum Gasteiger partial charge on any atom is -0.459 e. The van der Waals surface area contributed by atoms with E-state index in [4.69, 9.17) is 16.0 Å². The van der Waals surface area contributed by atoms with E-state index >= 15 is 0 Å². The molecule has 0 bridgehead atoms. The molecule has 0 spiro atoms. The predicted molar refractivity (Wildman–Crippen MR) is 97.3 cm³/mol. The number of nitrogens with zero attached hydrogens (tertiary/aromatic N) is 2. The molecule has 28 heavy (non-hydrogen) atoms. The van der Waals surface area contributed by atoms with Crippen molar-refractivity contribution in [2.24, 2.45) is 4.99 Å². The van der Waals surface area contributed by atoms with Crippen molar-refractivity contribution in [3.05, 3.63) is 76.3 Å². The maximum absolute atomic E-state index is 12.9. The van der Waals surface area contributed by atoms with Crippen LogP contribution in [0.1, 0.15) is 27.2 Å². The number of anilines is 1. The van der Waals surface area contributed by atoms with E-state index < -0.39 is 17.6 Å². The molecule has 0 atom stereocenters. The summed E-state index contributed by atoms with van der Waals surface area (Å²) >= 11 is 6.25. The molecule has 5 nitrogen and oxygen atoms in total. The van der Waals surface area contributed by atoms with Crippen LogP contribution in [-0.4, -0.2) is 16.6 Å². The quantitative estimate of drug-likeness (QED) is 0.645. The number of nitrogens with one attached hydrogen (secondary N) is 1. The number of fused-ring (bicyclic) bond motifs is 1. The Morgan fingerprint density at radius 2 is 2.04 bits per heavy atom. The first-order chi connectivity index (χ1) is 13.3. The van der Waals surface area contributed by atoms with Crippen molar-refractivity contribution in [1.82, 2.24) is 4.98 Å². The van der Waals surface area contributed by atoms with Crippen LogP contribution in [0.5, 0.6) is 0 Å². The van der Waals surface area contributed by atoms with Gasteiger partial charge in [-0.1, -0.05) is 11.6 Å². The highest BCUT2D eigenvalue weighted by atomic mass is 35.5. The number of hydrogen-bond donors (Lipinski definition) is 1. The summed E-state index contributed by atoms with van der Waals surface area (Å²) < 4.78 is 43.7. The number of aliphatic imine (C=N–C) groups is 1. The SMILES string of the molecule is O=C(Nc1ccc(Cl)c(C2=Nc3ncc(C(F)(F)F)cc3C2)c1)c1ccco1. The largest absolute Gasteiger partial charge is 0.459 e. The number of alkyl halides is 3. The number of benzene rings is 1. The smallest absolute Gasteiger partial charge is 0.417 e. The Morgan fingerprint density at radius 1 is 1.21 bits per heavy atom. The minimum atomic E-state index is -4.47. The van der Waals surface area contributed by atoms with E-state index in [1.54, 1.807) is 24.3 Å². The Hall–Kier alpha value is -3.13. The van der Waals surface area contributed by atoms with Gasteiger partial charge in [0, 0.05) is 34.5 Å². The van der Waals surface area contributed by atoms with Gasteiger partial charge in [0.25, 0.3) is 5.91 Å². The summed E-state index contributed by atoms with van der Waals surface area (Å²) in [4.78, 5) is 20.2. The summed E-state index contributed by atoms with van der Waals surface area (Å²) in [5.41, 5.74) is 0.967. The number of amides is 1. The molecule has 1 N–H and O–H groups in total. The molecule has 0 saturated carbocycles. The third kappa shape index (κ3) is 3.50. The molecule has 1 aromatic carbocycles. The molecule has 1 aliphatic rings. The molecule has 3 heterocycles. The van der Waals surface area contributed by atoms with Crippen LogP contribution in [0.15, 0.2) is 58.3 Å². The number of hydrogen-bond acceptors (Lipinski definition) is 4. The highest BCUT2D eigenvalue weighted by molar-refractivity contribution is 6.34. The minimum absolute atomic E-state index is 0.144. The second kappa shape index (κ2) is 6.79. The molecule has 3 aromatic rings. The molecule has 1 amide bonds. The molecular weight excluding hydrogens is 395 g/mol. The van der Waals surface area contributed by atoms with E-state index in [9.17, 15) is 18.0 Å². The average Bonchev–Trinajstić information content (AvgIpc) is 3.31. The van der Waals surface area contributed by atoms with Crippen molar-refractivity contribution in [2.75, 3.05) is 5.32 Å². The molecule has 0 aliphatic carbocycles. The third-order valence-electron chi connectivity index (χ3n) is 4.15. The number of furan rings is 1. The number of halogens is 4. The van der Waals surface area contributed by atoms with Crippen LogP contribution in [0.4, 0.5) is 24.7 Å². The Kier molecular flexibility index (Phi) is 4.43.